The summed E-state index contributed by atoms with van der Waals surface area (Å²) >= 11 is 0. The molecule has 1 aromatic heterocycles. The largest absolute Gasteiger partial charge is 0.494 e. The molecular formula is C21H24N4O2. The van der Waals surface area contributed by atoms with Crippen LogP contribution in [0, 0.1) is 17.2 Å². The Morgan fingerprint density at radius 2 is 2.04 bits per heavy atom. The summed E-state index contributed by atoms with van der Waals surface area (Å²) in [5, 5.41) is 12.3. The second kappa shape index (κ2) is 9.04. The van der Waals surface area contributed by atoms with E-state index in [4.69, 9.17) is 4.74 Å². The number of nitriles is 1. The summed E-state index contributed by atoms with van der Waals surface area (Å²) in [4.78, 5) is 18.8. The van der Waals surface area contributed by atoms with Crippen LogP contribution in [0.15, 0.2) is 42.6 Å². The molecule has 3 rings (SSSR count). The zero-order chi connectivity index (χ0) is 19.1. The summed E-state index contributed by atoms with van der Waals surface area (Å²) in [6, 6.07) is 13.0. The number of carbonyl (C=O) groups excluding carboxylic acids is 1. The molecule has 6 heteroatoms. The average molecular weight is 364 g/mol. The quantitative estimate of drug-likeness (QED) is 0.852. The molecular weight excluding hydrogens is 340 g/mol. The number of piperidine rings is 1. The van der Waals surface area contributed by atoms with E-state index in [1.807, 2.05) is 19.1 Å². The van der Waals surface area contributed by atoms with Gasteiger partial charge in [-0.25, -0.2) is 4.98 Å². The molecule has 1 saturated heterocycles. The third kappa shape index (κ3) is 4.76. The first kappa shape index (κ1) is 18.7. The molecule has 1 aliphatic heterocycles. The van der Waals surface area contributed by atoms with Crippen LogP contribution in [0.2, 0.25) is 0 Å². The highest BCUT2D eigenvalue weighted by Crippen LogP contribution is 2.24. The van der Waals surface area contributed by atoms with E-state index in [-0.39, 0.29) is 5.91 Å². The Balaban J connectivity index is 1.48. The summed E-state index contributed by atoms with van der Waals surface area (Å²) in [6.45, 7) is 4.89. The molecule has 0 bridgehead atoms. The minimum atomic E-state index is -0.0584. The van der Waals surface area contributed by atoms with Crippen molar-refractivity contribution >= 4 is 11.7 Å². The highest BCUT2D eigenvalue weighted by Gasteiger charge is 2.22. The zero-order valence-electron chi connectivity index (χ0n) is 15.5. The molecule has 0 aliphatic carbocycles. The Labute approximate surface area is 159 Å². The van der Waals surface area contributed by atoms with Gasteiger partial charge in [-0.15, -0.1) is 0 Å². The number of pyridine rings is 1. The Kier molecular flexibility index (Phi) is 6.26. The van der Waals surface area contributed by atoms with Gasteiger partial charge in [-0.05, 0) is 62.1 Å². The van der Waals surface area contributed by atoms with Crippen molar-refractivity contribution in [2.75, 3.05) is 31.1 Å². The van der Waals surface area contributed by atoms with E-state index in [0.717, 1.165) is 37.5 Å². The molecule has 0 atom stereocenters. The Bertz CT molecular complexity index is 806. The Morgan fingerprint density at radius 1 is 1.30 bits per heavy atom. The first-order valence-electron chi connectivity index (χ1n) is 9.32. The summed E-state index contributed by atoms with van der Waals surface area (Å²) in [6.07, 6.45) is 3.65. The number of aromatic nitrogens is 1. The predicted molar refractivity (Wildman–Crippen MR) is 104 cm³/mol. The molecule has 2 aromatic rings. The molecule has 1 fully saturated rings. The van der Waals surface area contributed by atoms with E-state index >= 15 is 0 Å². The van der Waals surface area contributed by atoms with Crippen molar-refractivity contribution in [3.05, 3.63) is 53.7 Å². The van der Waals surface area contributed by atoms with Gasteiger partial charge in [-0.1, -0.05) is 0 Å². The van der Waals surface area contributed by atoms with E-state index in [9.17, 15) is 10.1 Å². The third-order valence-electron chi connectivity index (χ3n) is 4.80. The van der Waals surface area contributed by atoms with Crippen molar-refractivity contribution in [2.45, 2.75) is 19.8 Å². The van der Waals surface area contributed by atoms with Crippen LogP contribution < -0.4 is 15.0 Å². The smallest absolute Gasteiger partial charge is 0.251 e. The number of benzene rings is 1. The van der Waals surface area contributed by atoms with Crippen LogP contribution in [0.25, 0.3) is 0 Å². The van der Waals surface area contributed by atoms with Gasteiger partial charge >= 0.3 is 0 Å². The van der Waals surface area contributed by atoms with Crippen LogP contribution in [0.4, 0.5) is 5.82 Å². The van der Waals surface area contributed by atoms with Crippen LogP contribution in [0.1, 0.15) is 35.7 Å². The number of nitrogens with zero attached hydrogens (tertiary/aromatic N) is 3. The lowest BCUT2D eigenvalue weighted by Crippen LogP contribution is -2.39. The van der Waals surface area contributed by atoms with Gasteiger partial charge in [0.05, 0.1) is 12.2 Å². The summed E-state index contributed by atoms with van der Waals surface area (Å²) in [5.41, 5.74) is 1.25. The number of anilines is 1. The van der Waals surface area contributed by atoms with E-state index in [1.165, 1.54) is 0 Å². The Hall–Kier alpha value is -3.07. The van der Waals surface area contributed by atoms with Crippen molar-refractivity contribution in [3.63, 3.8) is 0 Å². The molecule has 6 nitrogen and oxygen atoms in total. The van der Waals surface area contributed by atoms with Gasteiger partial charge in [-0.2, -0.15) is 5.26 Å². The van der Waals surface area contributed by atoms with Gasteiger partial charge in [0.15, 0.2) is 0 Å². The SMILES string of the molecule is CCOc1ccc(C(=O)NCC2CCN(c3ncccc3C#N)CC2)cc1. The summed E-state index contributed by atoms with van der Waals surface area (Å²) < 4.78 is 5.40. The van der Waals surface area contributed by atoms with Gasteiger partial charge in [0, 0.05) is 31.4 Å². The van der Waals surface area contributed by atoms with Crippen LogP contribution in [0.5, 0.6) is 5.75 Å². The van der Waals surface area contributed by atoms with Crippen LogP contribution in [-0.4, -0.2) is 37.1 Å². The third-order valence-corrected chi connectivity index (χ3v) is 4.80. The lowest BCUT2D eigenvalue weighted by atomic mass is 9.96. The maximum atomic E-state index is 12.3. The number of hydrogen-bond donors (Lipinski definition) is 1. The fourth-order valence-electron chi connectivity index (χ4n) is 3.29. The van der Waals surface area contributed by atoms with Crippen molar-refractivity contribution in [2.24, 2.45) is 5.92 Å². The average Bonchev–Trinajstić information content (AvgIpc) is 2.73. The van der Waals surface area contributed by atoms with E-state index in [1.54, 1.807) is 30.5 Å². The highest BCUT2D eigenvalue weighted by molar-refractivity contribution is 5.94. The van der Waals surface area contributed by atoms with Crippen LogP contribution in [-0.2, 0) is 0 Å². The van der Waals surface area contributed by atoms with Crippen LogP contribution in [0.3, 0.4) is 0 Å². The van der Waals surface area contributed by atoms with Gasteiger partial charge in [-0.3, -0.25) is 4.79 Å². The topological polar surface area (TPSA) is 78.2 Å². The minimum Gasteiger partial charge on any atom is -0.494 e. The highest BCUT2D eigenvalue weighted by atomic mass is 16.5. The molecule has 1 aromatic carbocycles. The zero-order valence-corrected chi connectivity index (χ0v) is 15.5. The second-order valence-electron chi connectivity index (χ2n) is 6.58. The number of carbonyl (C=O) groups is 1. The van der Waals surface area contributed by atoms with E-state index in [0.29, 0.717) is 30.2 Å². The fraction of sp³-hybridized carbons (Fsp3) is 0.381. The fourth-order valence-corrected chi connectivity index (χ4v) is 3.29. The van der Waals surface area contributed by atoms with E-state index < -0.39 is 0 Å². The van der Waals surface area contributed by atoms with Crippen molar-refractivity contribution in [1.82, 2.24) is 10.3 Å². The maximum absolute atomic E-state index is 12.3. The van der Waals surface area contributed by atoms with Gasteiger partial charge in [0.2, 0.25) is 0 Å². The number of rotatable bonds is 6. The monoisotopic (exact) mass is 364 g/mol. The molecule has 0 spiro atoms. The number of ether oxygens (including phenoxy) is 1. The molecule has 0 saturated carbocycles. The predicted octanol–water partition coefficient (Wildman–Crippen LogP) is 3.00. The normalized spacial score (nSPS) is 14.4. The van der Waals surface area contributed by atoms with Gasteiger partial charge < -0.3 is 15.0 Å². The Morgan fingerprint density at radius 3 is 2.70 bits per heavy atom. The van der Waals surface area contributed by atoms with Gasteiger partial charge in [0.1, 0.15) is 17.6 Å². The number of amides is 1. The van der Waals surface area contributed by atoms with Gasteiger partial charge in [0.25, 0.3) is 5.91 Å². The number of nitrogens with one attached hydrogen (secondary N) is 1. The summed E-state index contributed by atoms with van der Waals surface area (Å²) in [5.74, 6) is 1.91. The van der Waals surface area contributed by atoms with Crippen molar-refractivity contribution < 1.29 is 9.53 Å². The molecule has 27 heavy (non-hydrogen) atoms. The molecule has 140 valence electrons. The summed E-state index contributed by atoms with van der Waals surface area (Å²) in [7, 11) is 0. The van der Waals surface area contributed by atoms with Crippen LogP contribution >= 0.6 is 0 Å². The minimum absolute atomic E-state index is 0.0584. The lowest BCUT2D eigenvalue weighted by Gasteiger charge is -2.33. The molecule has 1 amide bonds. The van der Waals surface area contributed by atoms with E-state index in [2.05, 4.69) is 21.3 Å². The first-order valence-corrected chi connectivity index (χ1v) is 9.32. The molecule has 0 radical (unpaired) electrons. The molecule has 1 aliphatic rings. The standard InChI is InChI=1S/C21H24N4O2/c1-2-27-19-7-5-17(6-8-19)21(26)24-15-16-9-12-25(13-10-16)20-18(14-22)4-3-11-23-20/h3-8,11,16H,2,9-10,12-13,15H2,1H3,(H,24,26). The van der Waals surface area contributed by atoms with Crippen molar-refractivity contribution in [1.29, 1.82) is 5.26 Å². The lowest BCUT2D eigenvalue weighted by molar-refractivity contribution is 0.0945. The molecule has 1 N–H and O–H groups in total. The van der Waals surface area contributed by atoms with Crippen molar-refractivity contribution in [3.8, 4) is 11.8 Å². The maximum Gasteiger partial charge on any atom is 0.251 e. The first-order chi connectivity index (χ1) is 13.2. The number of hydrogen-bond acceptors (Lipinski definition) is 5. The second-order valence-corrected chi connectivity index (χ2v) is 6.58. The molecule has 2 heterocycles. The molecule has 0 unspecified atom stereocenters.